The first-order valence-electron chi connectivity index (χ1n) is 14.0. The van der Waals surface area contributed by atoms with Gasteiger partial charge in [0.2, 0.25) is 5.95 Å². The van der Waals surface area contributed by atoms with E-state index in [1.165, 1.54) is 24.3 Å². The van der Waals surface area contributed by atoms with Crippen LogP contribution >= 0.6 is 0 Å². The second-order valence-corrected chi connectivity index (χ2v) is 14.8. The maximum absolute atomic E-state index is 13.3. The van der Waals surface area contributed by atoms with E-state index in [0.29, 0.717) is 47.9 Å². The van der Waals surface area contributed by atoms with E-state index < -0.39 is 16.2 Å². The number of carbonyl (C=O) groups is 1. The number of imidazole rings is 1. The van der Waals surface area contributed by atoms with E-state index in [2.05, 4.69) is 35.4 Å². The first kappa shape index (κ1) is 29.4. The van der Waals surface area contributed by atoms with E-state index in [4.69, 9.17) is 4.98 Å². The smallest absolute Gasteiger partial charge is 0.406 e. The van der Waals surface area contributed by atoms with Gasteiger partial charge in [0.1, 0.15) is 15.6 Å². The molecule has 0 spiro atoms. The van der Waals surface area contributed by atoms with E-state index in [1.807, 2.05) is 12.1 Å². The fourth-order valence-corrected chi connectivity index (χ4v) is 8.20. The van der Waals surface area contributed by atoms with Crippen LogP contribution in [-0.4, -0.2) is 41.6 Å². The average Bonchev–Trinajstić information content (AvgIpc) is 3.21. The molecule has 1 aliphatic carbocycles. The van der Waals surface area contributed by atoms with Gasteiger partial charge < -0.3 is 14.6 Å². The molecule has 5 rings (SSSR count). The van der Waals surface area contributed by atoms with Crippen LogP contribution in [-0.2, 0) is 9.84 Å². The molecule has 0 amide bonds. The summed E-state index contributed by atoms with van der Waals surface area (Å²) in [4.78, 5) is 18.1. The number of carbonyl (C=O) groups excluding carboxylic acids is 1. The highest BCUT2D eigenvalue weighted by atomic mass is 32.2. The van der Waals surface area contributed by atoms with Gasteiger partial charge in [0.15, 0.2) is 5.78 Å². The van der Waals surface area contributed by atoms with Crippen molar-refractivity contribution in [3.8, 4) is 5.75 Å². The van der Waals surface area contributed by atoms with Gasteiger partial charge in [-0.05, 0) is 91.8 Å². The normalized spacial score (nSPS) is 22.9. The summed E-state index contributed by atoms with van der Waals surface area (Å²) >= 11 is 0. The Morgan fingerprint density at radius 2 is 1.78 bits per heavy atom. The zero-order chi connectivity index (χ0) is 29.6. The van der Waals surface area contributed by atoms with E-state index in [1.54, 1.807) is 6.07 Å². The number of anilines is 2. The van der Waals surface area contributed by atoms with Gasteiger partial charge in [-0.3, -0.25) is 4.79 Å². The van der Waals surface area contributed by atoms with Crippen molar-refractivity contribution in [3.05, 3.63) is 48.0 Å². The number of ether oxygens (including phenoxy) is 1. The number of hydrogen-bond acceptors (Lipinski definition) is 6. The van der Waals surface area contributed by atoms with Gasteiger partial charge in [0, 0.05) is 23.7 Å². The molecule has 3 aromatic rings. The number of nitrogens with zero attached hydrogens (tertiary/aromatic N) is 2. The number of nitrogens with one attached hydrogen (secondary N) is 1. The second-order valence-electron chi connectivity index (χ2n) is 12.5. The van der Waals surface area contributed by atoms with Crippen molar-refractivity contribution in [1.82, 2.24) is 9.55 Å². The number of alkyl halides is 3. The van der Waals surface area contributed by atoms with Crippen molar-refractivity contribution in [2.24, 2.45) is 17.3 Å². The van der Waals surface area contributed by atoms with Gasteiger partial charge >= 0.3 is 6.36 Å². The Hall–Kier alpha value is -3.08. The molecule has 1 aromatic heterocycles. The van der Waals surface area contributed by atoms with Gasteiger partial charge in [-0.15, -0.1) is 13.2 Å². The van der Waals surface area contributed by atoms with Gasteiger partial charge in [-0.25, -0.2) is 13.4 Å². The fourth-order valence-electron chi connectivity index (χ4n) is 6.61. The third-order valence-electron chi connectivity index (χ3n) is 8.23. The van der Waals surface area contributed by atoms with Crippen molar-refractivity contribution < 1.29 is 31.1 Å². The molecule has 11 heteroatoms. The van der Waals surface area contributed by atoms with Crippen LogP contribution in [0.3, 0.4) is 0 Å². The summed E-state index contributed by atoms with van der Waals surface area (Å²) in [5.41, 5.74) is 2.75. The second kappa shape index (κ2) is 11.0. The Labute approximate surface area is 238 Å². The SMILES string of the molecule is C[C@H]1C[C@@H](n2c(Nc3ccc(OC(F)(F)F)cc3)nc3ccc(C(=O)CC4CCS(=O)(=O)CC4)cc32)CC(C)(C)C1. The highest BCUT2D eigenvalue weighted by Crippen LogP contribution is 2.46. The number of benzene rings is 2. The number of rotatable bonds is 7. The molecule has 1 saturated carbocycles. The minimum absolute atomic E-state index is 0.0175. The van der Waals surface area contributed by atoms with E-state index >= 15 is 0 Å². The molecule has 1 N–H and O–H groups in total. The maximum atomic E-state index is 13.3. The highest BCUT2D eigenvalue weighted by Gasteiger charge is 2.35. The number of aromatic nitrogens is 2. The molecule has 2 atom stereocenters. The number of fused-ring (bicyclic) bond motifs is 1. The first-order valence-corrected chi connectivity index (χ1v) is 15.9. The van der Waals surface area contributed by atoms with E-state index in [0.717, 1.165) is 24.8 Å². The summed E-state index contributed by atoms with van der Waals surface area (Å²) < 4.78 is 67.6. The lowest BCUT2D eigenvalue weighted by atomic mass is 9.70. The van der Waals surface area contributed by atoms with Crippen LogP contribution in [0.15, 0.2) is 42.5 Å². The van der Waals surface area contributed by atoms with Crippen LogP contribution in [0.25, 0.3) is 11.0 Å². The Balaban J connectivity index is 1.47. The number of ketones is 1. The van der Waals surface area contributed by atoms with Crippen LogP contribution in [0.4, 0.5) is 24.8 Å². The zero-order valence-corrected chi connectivity index (χ0v) is 24.3. The molecule has 1 saturated heterocycles. The van der Waals surface area contributed by atoms with Crippen molar-refractivity contribution in [2.75, 3.05) is 16.8 Å². The molecule has 41 heavy (non-hydrogen) atoms. The van der Waals surface area contributed by atoms with Crippen LogP contribution in [0.2, 0.25) is 0 Å². The number of halogens is 3. The van der Waals surface area contributed by atoms with Gasteiger partial charge in [-0.2, -0.15) is 0 Å². The van der Waals surface area contributed by atoms with Gasteiger partial charge in [0.05, 0.1) is 22.5 Å². The van der Waals surface area contributed by atoms with Crippen molar-refractivity contribution in [3.63, 3.8) is 0 Å². The zero-order valence-electron chi connectivity index (χ0n) is 23.5. The average molecular weight is 592 g/mol. The summed E-state index contributed by atoms with van der Waals surface area (Å²) in [6, 6.07) is 11.1. The maximum Gasteiger partial charge on any atom is 0.573 e. The predicted octanol–water partition coefficient (Wildman–Crippen LogP) is 7.46. The lowest BCUT2D eigenvalue weighted by Gasteiger charge is -2.40. The van der Waals surface area contributed by atoms with Crippen molar-refractivity contribution in [1.29, 1.82) is 0 Å². The van der Waals surface area contributed by atoms with Crippen LogP contribution < -0.4 is 10.1 Å². The number of Topliss-reactive ketones (excluding diaryl/α,β-unsaturated/α-hetero) is 1. The molecular weight excluding hydrogens is 555 g/mol. The summed E-state index contributed by atoms with van der Waals surface area (Å²) in [5.74, 6) is 1.01. The Morgan fingerprint density at radius 1 is 1.10 bits per heavy atom. The van der Waals surface area contributed by atoms with E-state index in [9.17, 15) is 26.4 Å². The van der Waals surface area contributed by atoms with Gasteiger partial charge in [0.25, 0.3) is 0 Å². The molecule has 2 aliphatic rings. The summed E-state index contributed by atoms with van der Waals surface area (Å²) in [5, 5.41) is 3.29. The minimum atomic E-state index is -4.77. The minimum Gasteiger partial charge on any atom is -0.406 e. The van der Waals surface area contributed by atoms with Crippen LogP contribution in [0.1, 0.15) is 75.7 Å². The summed E-state index contributed by atoms with van der Waals surface area (Å²) in [6.07, 6.45) is -0.521. The van der Waals surface area contributed by atoms with Crippen molar-refractivity contribution >= 4 is 38.3 Å². The molecule has 0 unspecified atom stereocenters. The van der Waals surface area contributed by atoms with Crippen LogP contribution in [0.5, 0.6) is 5.75 Å². The third-order valence-corrected chi connectivity index (χ3v) is 9.95. The molecule has 7 nitrogen and oxygen atoms in total. The molecule has 222 valence electrons. The lowest BCUT2D eigenvalue weighted by Crippen LogP contribution is -2.29. The van der Waals surface area contributed by atoms with Crippen LogP contribution in [0, 0.1) is 17.3 Å². The largest absolute Gasteiger partial charge is 0.573 e. The Bertz CT molecular complexity index is 1520. The standard InChI is InChI=1S/C30H36F3N3O4S/c1-19-14-23(18-29(2,3)17-19)36-26-16-21(27(37)15-20-10-12-41(38,39)13-11-20)4-9-25(26)35-28(36)34-22-5-7-24(8-6-22)40-30(31,32)33/h4-9,16,19-20,23H,10-15,17-18H2,1-3H3,(H,34,35)/t19-,23+/m0/s1. The van der Waals surface area contributed by atoms with Gasteiger partial charge in [-0.1, -0.05) is 20.8 Å². The van der Waals surface area contributed by atoms with E-state index in [-0.39, 0.29) is 40.4 Å². The monoisotopic (exact) mass is 591 g/mol. The molecule has 1 aliphatic heterocycles. The summed E-state index contributed by atoms with van der Waals surface area (Å²) in [6.45, 7) is 6.74. The third kappa shape index (κ3) is 7.23. The number of hydrogen-bond donors (Lipinski definition) is 1. The highest BCUT2D eigenvalue weighted by molar-refractivity contribution is 7.91. The fraction of sp³-hybridized carbons (Fsp3) is 0.533. The molecule has 2 aromatic carbocycles. The first-order chi connectivity index (χ1) is 19.2. The summed E-state index contributed by atoms with van der Waals surface area (Å²) in [7, 11) is -3.00. The Morgan fingerprint density at radius 3 is 2.41 bits per heavy atom. The quantitative estimate of drug-likeness (QED) is 0.287. The Kier molecular flexibility index (Phi) is 7.86. The predicted molar refractivity (Wildman–Crippen MR) is 152 cm³/mol. The molecule has 0 radical (unpaired) electrons. The number of sulfone groups is 1. The van der Waals surface area contributed by atoms with Crippen molar-refractivity contribution in [2.45, 2.75) is 71.7 Å². The topological polar surface area (TPSA) is 90.3 Å². The molecular formula is C30H36F3N3O4S. The molecule has 2 fully saturated rings. The molecule has 2 heterocycles. The molecule has 0 bridgehead atoms. The lowest BCUT2D eigenvalue weighted by molar-refractivity contribution is -0.274.